The second-order valence-corrected chi connectivity index (χ2v) is 4.98. The molecular formula is C16H16Cl2N2O5. The van der Waals surface area contributed by atoms with Crippen molar-refractivity contribution in [2.75, 3.05) is 14.2 Å². The molecule has 0 unspecified atom stereocenters. The second kappa shape index (κ2) is 10.5. The van der Waals surface area contributed by atoms with Crippen LogP contribution in [-0.2, 0) is 21.2 Å². The fraction of sp³-hybridized carbons (Fsp3) is 0.250. The minimum Gasteiger partial charge on any atom is -0.618 e. The van der Waals surface area contributed by atoms with Crippen LogP contribution in [0.15, 0.2) is 36.7 Å². The molecular weight excluding hydrogens is 371 g/mol. The van der Waals surface area contributed by atoms with Crippen LogP contribution < -0.4 is 4.73 Å². The summed E-state index contributed by atoms with van der Waals surface area (Å²) in [5.74, 6) is -0.764. The zero-order chi connectivity index (χ0) is 18.8. The Bertz CT molecular complexity index is 740. The Morgan fingerprint density at radius 1 is 1.08 bits per heavy atom. The number of nitrogens with zero attached hydrogens (tertiary/aromatic N) is 2. The van der Waals surface area contributed by atoms with Gasteiger partial charge in [-0.2, -0.15) is 4.73 Å². The average molecular weight is 387 g/mol. The van der Waals surface area contributed by atoms with E-state index in [1.807, 2.05) is 0 Å². The molecule has 7 nitrogen and oxygen atoms in total. The van der Waals surface area contributed by atoms with Crippen molar-refractivity contribution < 1.29 is 23.8 Å². The van der Waals surface area contributed by atoms with Crippen molar-refractivity contribution >= 4 is 35.1 Å². The summed E-state index contributed by atoms with van der Waals surface area (Å²) in [5, 5.41) is 11.1. The van der Waals surface area contributed by atoms with Gasteiger partial charge in [0, 0.05) is 12.3 Å². The lowest BCUT2D eigenvalue weighted by molar-refractivity contribution is -0.613. The van der Waals surface area contributed by atoms with Gasteiger partial charge in [-0.05, 0) is 18.2 Å². The molecule has 0 radical (unpaired) electrons. The molecule has 25 heavy (non-hydrogen) atoms. The van der Waals surface area contributed by atoms with E-state index >= 15 is 0 Å². The molecule has 2 heterocycles. The minimum atomic E-state index is -0.555. The number of esters is 2. The molecule has 0 spiro atoms. The van der Waals surface area contributed by atoms with Gasteiger partial charge in [-0.3, -0.25) is 4.98 Å². The van der Waals surface area contributed by atoms with Gasteiger partial charge >= 0.3 is 11.9 Å². The number of carbonyl (C=O) groups excluding carboxylic acids is 2. The number of methoxy groups -OCH3 is 2. The third-order valence-corrected chi connectivity index (χ3v) is 3.52. The quantitative estimate of drug-likeness (QED) is 0.346. The topological polar surface area (TPSA) is 92.4 Å². The van der Waals surface area contributed by atoms with Crippen LogP contribution in [0, 0.1) is 5.21 Å². The molecule has 0 aliphatic heterocycles. The van der Waals surface area contributed by atoms with Crippen molar-refractivity contribution in [3.05, 3.63) is 64.4 Å². The number of hydrogen-bond donors (Lipinski definition) is 0. The summed E-state index contributed by atoms with van der Waals surface area (Å²) in [6.45, 7) is 0. The van der Waals surface area contributed by atoms with Crippen molar-refractivity contribution in [1.29, 1.82) is 0 Å². The number of halogens is 2. The zero-order valence-corrected chi connectivity index (χ0v) is 15.1. The molecule has 0 N–H and O–H groups in total. The summed E-state index contributed by atoms with van der Waals surface area (Å²) in [6.07, 6.45) is 2.87. The van der Waals surface area contributed by atoms with Crippen molar-refractivity contribution in [2.45, 2.75) is 11.8 Å². The number of aromatic nitrogens is 2. The van der Waals surface area contributed by atoms with E-state index < -0.39 is 11.9 Å². The minimum absolute atomic E-state index is 0.0191. The van der Waals surface area contributed by atoms with E-state index in [0.717, 1.165) is 0 Å². The Morgan fingerprint density at radius 3 is 2.24 bits per heavy atom. The zero-order valence-electron chi connectivity index (χ0n) is 13.6. The number of alkyl halides is 2. The predicted octanol–water partition coefficient (Wildman–Crippen LogP) is 2.45. The lowest BCUT2D eigenvalue weighted by atomic mass is 10.2. The van der Waals surface area contributed by atoms with Crippen LogP contribution in [0.25, 0.3) is 0 Å². The summed E-state index contributed by atoms with van der Waals surface area (Å²) >= 11 is 11.1. The highest BCUT2D eigenvalue weighted by molar-refractivity contribution is 6.17. The van der Waals surface area contributed by atoms with E-state index in [4.69, 9.17) is 23.2 Å². The Hall–Kier alpha value is -2.38. The Labute approximate surface area is 154 Å². The number of carbonyl (C=O) groups is 2. The third-order valence-electron chi connectivity index (χ3n) is 3.02. The maximum absolute atomic E-state index is 11.1. The van der Waals surface area contributed by atoms with Crippen LogP contribution in [0.5, 0.6) is 0 Å². The second-order valence-electron chi connectivity index (χ2n) is 4.44. The molecule has 9 heteroatoms. The van der Waals surface area contributed by atoms with Crippen LogP contribution in [0.2, 0.25) is 0 Å². The van der Waals surface area contributed by atoms with Crippen LogP contribution in [0.4, 0.5) is 0 Å². The highest BCUT2D eigenvalue weighted by atomic mass is 35.5. The molecule has 0 saturated heterocycles. The van der Waals surface area contributed by atoms with Gasteiger partial charge in [0.2, 0.25) is 5.69 Å². The van der Waals surface area contributed by atoms with E-state index in [1.54, 1.807) is 18.3 Å². The number of ether oxygens (including phenoxy) is 2. The molecule has 0 amide bonds. The van der Waals surface area contributed by atoms with Gasteiger partial charge in [0.1, 0.15) is 11.4 Å². The van der Waals surface area contributed by atoms with Gasteiger partial charge in [0.05, 0.1) is 31.4 Å². The molecule has 0 bridgehead atoms. The fourth-order valence-corrected chi connectivity index (χ4v) is 2.26. The smallest absolute Gasteiger partial charge is 0.344 e. The lowest BCUT2D eigenvalue weighted by Gasteiger charge is -2.05. The first-order chi connectivity index (χ1) is 12.0. The Morgan fingerprint density at radius 2 is 1.68 bits per heavy atom. The fourth-order valence-electron chi connectivity index (χ4n) is 1.79. The van der Waals surface area contributed by atoms with Crippen LogP contribution >= 0.6 is 23.2 Å². The van der Waals surface area contributed by atoms with Gasteiger partial charge in [0.15, 0.2) is 6.20 Å². The van der Waals surface area contributed by atoms with Crippen molar-refractivity contribution in [3.8, 4) is 0 Å². The van der Waals surface area contributed by atoms with E-state index in [1.165, 1.54) is 32.5 Å². The van der Waals surface area contributed by atoms with Crippen molar-refractivity contribution in [1.82, 2.24) is 4.98 Å². The average Bonchev–Trinajstić information content (AvgIpc) is 2.66. The first-order valence-corrected chi connectivity index (χ1v) is 8.00. The highest BCUT2D eigenvalue weighted by Gasteiger charge is 2.17. The van der Waals surface area contributed by atoms with Gasteiger partial charge in [0.25, 0.3) is 0 Å². The standard InChI is InChI=1S/C8H8ClNO3.C8H8ClNO2/c1-13-8(11)6-3-2-4-10(12)7(6)5-9;1-12-8(11)6-3-2-4-10-7(6)5-9/h2-4H,5H2,1H3;2-4H,5H2,1H3. The van der Waals surface area contributed by atoms with Crippen molar-refractivity contribution in [3.63, 3.8) is 0 Å². The van der Waals surface area contributed by atoms with Gasteiger partial charge in [-0.25, -0.2) is 9.59 Å². The monoisotopic (exact) mass is 386 g/mol. The molecule has 0 fully saturated rings. The molecule has 0 aromatic carbocycles. The van der Waals surface area contributed by atoms with Crippen LogP contribution in [-0.4, -0.2) is 31.1 Å². The number of hydrogen-bond acceptors (Lipinski definition) is 6. The lowest BCUT2D eigenvalue weighted by Crippen LogP contribution is -2.33. The molecule has 2 rings (SSSR count). The molecule has 2 aromatic heterocycles. The predicted molar refractivity (Wildman–Crippen MR) is 91.4 cm³/mol. The Kier molecular flexibility index (Phi) is 8.66. The Balaban J connectivity index is 0.000000251. The van der Waals surface area contributed by atoms with E-state index in [-0.39, 0.29) is 23.0 Å². The summed E-state index contributed by atoms with van der Waals surface area (Å²) in [5.41, 5.74) is 1.38. The van der Waals surface area contributed by atoms with Gasteiger partial charge in [-0.1, -0.05) is 0 Å². The maximum Gasteiger partial charge on any atom is 0.344 e. The van der Waals surface area contributed by atoms with Crippen molar-refractivity contribution in [2.24, 2.45) is 0 Å². The summed E-state index contributed by atoms with van der Waals surface area (Å²) in [6, 6.07) is 6.27. The molecule has 0 atom stereocenters. The number of rotatable bonds is 4. The summed E-state index contributed by atoms with van der Waals surface area (Å²) in [4.78, 5) is 26.1. The first kappa shape index (κ1) is 20.7. The van der Waals surface area contributed by atoms with E-state index in [9.17, 15) is 14.8 Å². The van der Waals surface area contributed by atoms with E-state index in [0.29, 0.717) is 16.0 Å². The van der Waals surface area contributed by atoms with Crippen LogP contribution in [0.3, 0.4) is 0 Å². The van der Waals surface area contributed by atoms with Gasteiger partial charge < -0.3 is 14.7 Å². The summed E-state index contributed by atoms with van der Waals surface area (Å²) in [7, 11) is 2.58. The molecule has 0 aliphatic carbocycles. The molecule has 0 saturated carbocycles. The van der Waals surface area contributed by atoms with Crippen LogP contribution in [0.1, 0.15) is 32.1 Å². The first-order valence-electron chi connectivity index (χ1n) is 6.93. The number of pyridine rings is 2. The highest BCUT2D eigenvalue weighted by Crippen LogP contribution is 2.09. The third kappa shape index (κ3) is 5.58. The maximum atomic E-state index is 11.1. The van der Waals surface area contributed by atoms with E-state index in [2.05, 4.69) is 14.5 Å². The molecule has 2 aromatic rings. The molecule has 134 valence electrons. The summed E-state index contributed by atoms with van der Waals surface area (Å²) < 4.78 is 9.58. The largest absolute Gasteiger partial charge is 0.618 e. The SMILES string of the molecule is COC(=O)c1ccc[n+]([O-])c1CCl.COC(=O)c1cccnc1CCl. The normalized spacial score (nSPS) is 9.60. The van der Waals surface area contributed by atoms with Gasteiger partial charge in [-0.15, -0.1) is 23.2 Å². The molecule has 0 aliphatic rings.